The van der Waals surface area contributed by atoms with Crippen LogP contribution in [0.1, 0.15) is 24.2 Å². The summed E-state index contributed by atoms with van der Waals surface area (Å²) in [6.45, 7) is 3.78. The maximum atomic E-state index is 12.5. The van der Waals surface area contributed by atoms with Crippen molar-refractivity contribution in [3.8, 4) is 5.75 Å². The standard InChI is InChI=1S/C17H15BrCl2N2O2S/c1-9(2)24-15-6-3-10(18)7-12(15)16(23)22-17(25)21-11-4-5-13(19)14(20)8-11/h3-9H,1-2H3,(H2,21,22,23,25). The molecular weight excluding hydrogens is 447 g/mol. The summed E-state index contributed by atoms with van der Waals surface area (Å²) in [5, 5.41) is 6.48. The lowest BCUT2D eigenvalue weighted by Gasteiger charge is -2.15. The van der Waals surface area contributed by atoms with Crippen LogP contribution < -0.4 is 15.4 Å². The summed E-state index contributed by atoms with van der Waals surface area (Å²) in [6, 6.07) is 10.2. The van der Waals surface area contributed by atoms with Crippen molar-refractivity contribution < 1.29 is 9.53 Å². The van der Waals surface area contributed by atoms with Gasteiger partial charge in [0.05, 0.1) is 21.7 Å². The van der Waals surface area contributed by atoms with E-state index in [1.54, 1.807) is 36.4 Å². The van der Waals surface area contributed by atoms with Gasteiger partial charge in [-0.25, -0.2) is 0 Å². The normalized spacial score (nSPS) is 10.5. The average molecular weight is 462 g/mol. The van der Waals surface area contributed by atoms with Gasteiger partial charge in [-0.2, -0.15) is 0 Å². The minimum atomic E-state index is -0.380. The van der Waals surface area contributed by atoms with Crippen LogP contribution in [-0.2, 0) is 0 Å². The fraction of sp³-hybridized carbons (Fsp3) is 0.176. The maximum absolute atomic E-state index is 12.5. The van der Waals surface area contributed by atoms with Crippen LogP contribution in [-0.4, -0.2) is 17.1 Å². The number of nitrogens with one attached hydrogen (secondary N) is 2. The van der Waals surface area contributed by atoms with Gasteiger partial charge in [0.15, 0.2) is 5.11 Å². The largest absolute Gasteiger partial charge is 0.490 e. The number of thiocarbonyl (C=S) groups is 1. The molecule has 8 heteroatoms. The van der Waals surface area contributed by atoms with Crippen molar-refractivity contribution in [2.24, 2.45) is 0 Å². The van der Waals surface area contributed by atoms with Gasteiger partial charge in [0.2, 0.25) is 0 Å². The first-order valence-corrected chi connectivity index (χ1v) is 9.25. The van der Waals surface area contributed by atoms with Gasteiger partial charge in [-0.3, -0.25) is 10.1 Å². The number of amides is 1. The molecule has 0 saturated carbocycles. The number of rotatable bonds is 4. The molecule has 0 aliphatic heterocycles. The number of carbonyl (C=O) groups is 1. The van der Waals surface area contributed by atoms with Gasteiger partial charge in [-0.05, 0) is 62.5 Å². The second-order valence-corrected chi connectivity index (χ2v) is 7.48. The first-order valence-electron chi connectivity index (χ1n) is 7.30. The van der Waals surface area contributed by atoms with Crippen LogP contribution in [0.2, 0.25) is 10.0 Å². The summed E-state index contributed by atoms with van der Waals surface area (Å²) in [5.74, 6) is 0.0996. The Kier molecular flexibility index (Phi) is 7.07. The number of hydrogen-bond donors (Lipinski definition) is 2. The Morgan fingerprint density at radius 1 is 1.16 bits per heavy atom. The van der Waals surface area contributed by atoms with Crippen molar-refractivity contribution in [3.05, 3.63) is 56.5 Å². The molecule has 0 aliphatic rings. The monoisotopic (exact) mass is 460 g/mol. The van der Waals surface area contributed by atoms with Crippen molar-refractivity contribution in [1.82, 2.24) is 5.32 Å². The molecular formula is C17H15BrCl2N2O2S. The predicted molar refractivity (Wildman–Crippen MR) is 110 cm³/mol. The molecule has 1 amide bonds. The van der Waals surface area contributed by atoms with E-state index in [1.165, 1.54) is 0 Å². The van der Waals surface area contributed by atoms with Gasteiger partial charge in [0.25, 0.3) is 5.91 Å². The Morgan fingerprint density at radius 3 is 2.52 bits per heavy atom. The third kappa shape index (κ3) is 5.85. The second kappa shape index (κ2) is 8.85. The first-order chi connectivity index (χ1) is 11.8. The molecule has 0 radical (unpaired) electrons. The maximum Gasteiger partial charge on any atom is 0.261 e. The topological polar surface area (TPSA) is 50.4 Å². The Morgan fingerprint density at radius 2 is 1.88 bits per heavy atom. The van der Waals surface area contributed by atoms with Crippen molar-refractivity contribution in [3.63, 3.8) is 0 Å². The molecule has 0 aromatic heterocycles. The number of halogens is 3. The highest BCUT2D eigenvalue weighted by Gasteiger charge is 2.16. The van der Waals surface area contributed by atoms with Gasteiger partial charge in [0.1, 0.15) is 5.75 Å². The zero-order valence-electron chi connectivity index (χ0n) is 13.4. The summed E-state index contributed by atoms with van der Waals surface area (Å²) >= 11 is 20.4. The zero-order valence-corrected chi connectivity index (χ0v) is 17.3. The molecule has 0 bridgehead atoms. The molecule has 0 atom stereocenters. The average Bonchev–Trinajstić information content (AvgIpc) is 2.52. The molecule has 132 valence electrons. The van der Waals surface area contributed by atoms with Crippen LogP contribution in [0.5, 0.6) is 5.75 Å². The fourth-order valence-corrected chi connectivity index (χ4v) is 2.81. The van der Waals surface area contributed by atoms with Crippen molar-refractivity contribution >= 4 is 68.1 Å². The van der Waals surface area contributed by atoms with E-state index in [-0.39, 0.29) is 17.1 Å². The van der Waals surface area contributed by atoms with Crippen LogP contribution in [0.3, 0.4) is 0 Å². The molecule has 2 rings (SSSR count). The molecule has 0 heterocycles. The lowest BCUT2D eigenvalue weighted by molar-refractivity contribution is 0.0972. The fourth-order valence-electron chi connectivity index (χ4n) is 1.94. The van der Waals surface area contributed by atoms with E-state index in [0.717, 1.165) is 4.47 Å². The minimum absolute atomic E-state index is 0.0611. The third-order valence-electron chi connectivity index (χ3n) is 2.95. The molecule has 0 fully saturated rings. The number of benzene rings is 2. The van der Waals surface area contributed by atoms with Gasteiger partial charge in [0, 0.05) is 10.2 Å². The van der Waals surface area contributed by atoms with Gasteiger partial charge in [-0.15, -0.1) is 0 Å². The highest BCUT2D eigenvalue weighted by atomic mass is 79.9. The summed E-state index contributed by atoms with van der Waals surface area (Å²) in [7, 11) is 0. The molecule has 2 aromatic carbocycles. The van der Waals surface area contributed by atoms with E-state index in [9.17, 15) is 4.79 Å². The quantitative estimate of drug-likeness (QED) is 0.576. The lowest BCUT2D eigenvalue weighted by atomic mass is 10.2. The van der Waals surface area contributed by atoms with E-state index >= 15 is 0 Å². The van der Waals surface area contributed by atoms with Crippen molar-refractivity contribution in [2.45, 2.75) is 20.0 Å². The Bertz CT molecular complexity index is 815. The SMILES string of the molecule is CC(C)Oc1ccc(Br)cc1C(=O)NC(=S)Nc1ccc(Cl)c(Cl)c1. The van der Waals surface area contributed by atoms with E-state index < -0.39 is 0 Å². The summed E-state index contributed by atoms with van der Waals surface area (Å²) in [6.07, 6.45) is -0.0611. The molecule has 25 heavy (non-hydrogen) atoms. The Labute approximate surface area is 170 Å². The number of ether oxygens (including phenoxy) is 1. The number of anilines is 1. The number of carbonyl (C=O) groups excluding carboxylic acids is 1. The zero-order chi connectivity index (χ0) is 18.6. The first kappa shape index (κ1) is 20.0. The van der Waals surface area contributed by atoms with E-state index in [1.807, 2.05) is 13.8 Å². The summed E-state index contributed by atoms with van der Waals surface area (Å²) in [5.41, 5.74) is 0.994. The molecule has 2 N–H and O–H groups in total. The summed E-state index contributed by atoms with van der Waals surface area (Å²) in [4.78, 5) is 12.5. The molecule has 0 aliphatic carbocycles. The molecule has 2 aromatic rings. The van der Waals surface area contributed by atoms with Gasteiger partial charge < -0.3 is 10.1 Å². The molecule has 0 unspecified atom stereocenters. The van der Waals surface area contributed by atoms with Gasteiger partial charge in [-0.1, -0.05) is 39.1 Å². The molecule has 0 saturated heterocycles. The van der Waals surface area contributed by atoms with Crippen LogP contribution in [0.4, 0.5) is 5.69 Å². The Hall–Kier alpha value is -1.34. The Balaban J connectivity index is 2.11. The van der Waals surface area contributed by atoms with Crippen LogP contribution in [0, 0.1) is 0 Å². The van der Waals surface area contributed by atoms with Gasteiger partial charge >= 0.3 is 0 Å². The minimum Gasteiger partial charge on any atom is -0.490 e. The van der Waals surface area contributed by atoms with E-state index in [0.29, 0.717) is 27.0 Å². The van der Waals surface area contributed by atoms with Crippen molar-refractivity contribution in [1.29, 1.82) is 0 Å². The van der Waals surface area contributed by atoms with Crippen LogP contribution in [0.25, 0.3) is 0 Å². The highest BCUT2D eigenvalue weighted by molar-refractivity contribution is 9.10. The lowest BCUT2D eigenvalue weighted by Crippen LogP contribution is -2.34. The third-order valence-corrected chi connectivity index (χ3v) is 4.39. The molecule has 0 spiro atoms. The van der Waals surface area contributed by atoms with Crippen LogP contribution >= 0.6 is 51.3 Å². The smallest absolute Gasteiger partial charge is 0.261 e. The van der Waals surface area contributed by atoms with Crippen molar-refractivity contribution in [2.75, 3.05) is 5.32 Å². The van der Waals surface area contributed by atoms with Crippen LogP contribution in [0.15, 0.2) is 40.9 Å². The highest BCUT2D eigenvalue weighted by Crippen LogP contribution is 2.26. The summed E-state index contributed by atoms with van der Waals surface area (Å²) < 4.78 is 6.43. The predicted octanol–water partition coefficient (Wildman–Crippen LogP) is 5.67. The second-order valence-electron chi connectivity index (χ2n) is 5.34. The van der Waals surface area contributed by atoms with E-state index in [4.69, 9.17) is 40.2 Å². The van der Waals surface area contributed by atoms with E-state index in [2.05, 4.69) is 26.6 Å². The number of hydrogen-bond acceptors (Lipinski definition) is 3. The molecule has 4 nitrogen and oxygen atoms in total.